The SMILES string of the molecule is C/C(C/C(=N/OC(=O)c1ccccc1)c1ccc(-c2ccc([N+](=O)[O-])cc2)cc1)=N\OC(=O)c1ccccc1. The Labute approximate surface area is 224 Å². The predicted octanol–water partition coefficient (Wildman–Crippen LogP) is 6.45. The lowest BCUT2D eigenvalue weighted by molar-refractivity contribution is -0.384. The van der Waals surface area contributed by atoms with Gasteiger partial charge in [0.1, 0.15) is 0 Å². The molecule has 0 heterocycles. The van der Waals surface area contributed by atoms with E-state index in [1.165, 1.54) is 12.1 Å². The summed E-state index contributed by atoms with van der Waals surface area (Å²) < 4.78 is 0. The van der Waals surface area contributed by atoms with Gasteiger partial charge in [0, 0.05) is 18.6 Å². The van der Waals surface area contributed by atoms with E-state index in [1.807, 2.05) is 12.1 Å². The van der Waals surface area contributed by atoms with E-state index >= 15 is 0 Å². The van der Waals surface area contributed by atoms with Gasteiger partial charge in [-0.3, -0.25) is 10.1 Å². The molecule has 0 unspecified atom stereocenters. The van der Waals surface area contributed by atoms with Gasteiger partial charge < -0.3 is 9.68 Å². The van der Waals surface area contributed by atoms with Crippen molar-refractivity contribution in [2.45, 2.75) is 13.3 Å². The molecule has 4 rings (SSSR count). The normalized spacial score (nSPS) is 11.5. The third-order valence-electron chi connectivity index (χ3n) is 5.59. The van der Waals surface area contributed by atoms with E-state index in [1.54, 1.807) is 91.9 Å². The Balaban J connectivity index is 1.55. The molecule has 0 aromatic heterocycles. The summed E-state index contributed by atoms with van der Waals surface area (Å²) in [4.78, 5) is 45.5. The fourth-order valence-corrected chi connectivity index (χ4v) is 3.56. The molecular formula is C30H23N3O6. The highest BCUT2D eigenvalue weighted by molar-refractivity contribution is 6.12. The molecule has 0 bridgehead atoms. The zero-order valence-corrected chi connectivity index (χ0v) is 20.9. The fraction of sp³-hybridized carbons (Fsp3) is 0.0667. The van der Waals surface area contributed by atoms with Crippen LogP contribution in [0.25, 0.3) is 11.1 Å². The van der Waals surface area contributed by atoms with Crippen molar-refractivity contribution in [1.29, 1.82) is 0 Å². The van der Waals surface area contributed by atoms with Gasteiger partial charge in [-0.1, -0.05) is 71.0 Å². The van der Waals surface area contributed by atoms with Crippen molar-refractivity contribution in [2.75, 3.05) is 0 Å². The highest BCUT2D eigenvalue weighted by Gasteiger charge is 2.13. The van der Waals surface area contributed by atoms with Crippen molar-refractivity contribution >= 4 is 29.0 Å². The first-order chi connectivity index (χ1) is 18.9. The Kier molecular flexibility index (Phi) is 8.66. The molecule has 0 atom stereocenters. The molecule has 0 aliphatic rings. The van der Waals surface area contributed by atoms with Crippen LogP contribution in [0.15, 0.2) is 120 Å². The standard InChI is InChI=1S/C30H23N3O6/c1-21(31-38-29(34)25-8-4-2-5-9-25)20-28(32-39-30(35)26-10-6-3-7-11-26)24-14-12-22(13-15-24)23-16-18-27(19-17-23)33(36)37/h2-19H,20H2,1H3/b31-21+,32-28-. The van der Waals surface area contributed by atoms with E-state index in [4.69, 9.17) is 9.68 Å². The molecule has 0 aliphatic heterocycles. The van der Waals surface area contributed by atoms with Crippen molar-refractivity contribution < 1.29 is 24.2 Å². The van der Waals surface area contributed by atoms with E-state index < -0.39 is 16.9 Å². The third-order valence-corrected chi connectivity index (χ3v) is 5.59. The number of benzene rings is 4. The van der Waals surface area contributed by atoms with Gasteiger partial charge in [-0.15, -0.1) is 0 Å². The Hall–Kier alpha value is -5.44. The molecule has 0 saturated heterocycles. The number of nitro benzene ring substituents is 1. The maximum atomic E-state index is 12.5. The van der Waals surface area contributed by atoms with Crippen LogP contribution in [-0.2, 0) is 9.68 Å². The Bertz CT molecular complexity index is 1510. The number of non-ortho nitro benzene ring substituents is 1. The zero-order chi connectivity index (χ0) is 27.6. The topological polar surface area (TPSA) is 120 Å². The van der Waals surface area contributed by atoms with Crippen molar-refractivity contribution in [1.82, 2.24) is 0 Å². The van der Waals surface area contributed by atoms with Crippen LogP contribution in [0.3, 0.4) is 0 Å². The van der Waals surface area contributed by atoms with Crippen LogP contribution in [0.1, 0.15) is 39.6 Å². The Morgan fingerprint density at radius 3 is 1.62 bits per heavy atom. The molecule has 39 heavy (non-hydrogen) atoms. The molecule has 4 aromatic rings. The van der Waals surface area contributed by atoms with Gasteiger partial charge in [-0.05, 0) is 60.0 Å². The van der Waals surface area contributed by atoms with E-state index in [0.29, 0.717) is 28.1 Å². The second-order valence-corrected chi connectivity index (χ2v) is 8.41. The average Bonchev–Trinajstić information content (AvgIpc) is 2.99. The van der Waals surface area contributed by atoms with Crippen molar-refractivity contribution in [3.05, 3.63) is 136 Å². The smallest absolute Gasteiger partial charge is 0.313 e. The first-order valence-electron chi connectivity index (χ1n) is 11.9. The fourth-order valence-electron chi connectivity index (χ4n) is 3.56. The molecule has 0 amide bonds. The van der Waals surface area contributed by atoms with Gasteiger partial charge >= 0.3 is 11.9 Å². The molecule has 9 nitrogen and oxygen atoms in total. The lowest BCUT2D eigenvalue weighted by atomic mass is 10.00. The second kappa shape index (κ2) is 12.7. The van der Waals surface area contributed by atoms with Gasteiger partial charge in [-0.2, -0.15) is 0 Å². The summed E-state index contributed by atoms with van der Waals surface area (Å²) in [6.45, 7) is 1.66. The first kappa shape index (κ1) is 26.6. The quantitative estimate of drug-likeness (QED) is 0.108. The minimum atomic E-state index is -0.624. The maximum absolute atomic E-state index is 12.5. The number of hydrogen-bond acceptors (Lipinski definition) is 8. The molecule has 0 radical (unpaired) electrons. The van der Waals surface area contributed by atoms with Gasteiger partial charge in [-0.25, -0.2) is 9.59 Å². The van der Waals surface area contributed by atoms with Gasteiger partial charge in [0.15, 0.2) is 0 Å². The number of carbonyl (C=O) groups is 2. The van der Waals surface area contributed by atoms with Crippen LogP contribution < -0.4 is 0 Å². The van der Waals surface area contributed by atoms with Gasteiger partial charge in [0.25, 0.3) is 5.69 Å². The predicted molar refractivity (Wildman–Crippen MR) is 147 cm³/mol. The van der Waals surface area contributed by atoms with Crippen LogP contribution in [0.4, 0.5) is 5.69 Å². The van der Waals surface area contributed by atoms with E-state index in [2.05, 4.69) is 10.3 Å². The number of rotatable bonds is 9. The molecule has 194 valence electrons. The zero-order valence-electron chi connectivity index (χ0n) is 20.9. The maximum Gasteiger partial charge on any atom is 0.365 e. The van der Waals surface area contributed by atoms with Crippen LogP contribution in [-0.4, -0.2) is 28.3 Å². The number of carbonyl (C=O) groups excluding carboxylic acids is 2. The molecule has 0 saturated carbocycles. The van der Waals surface area contributed by atoms with Crippen LogP contribution in [0.5, 0.6) is 0 Å². The van der Waals surface area contributed by atoms with Crippen LogP contribution in [0.2, 0.25) is 0 Å². The molecule has 0 N–H and O–H groups in total. The molecule has 0 fully saturated rings. The number of hydrogen-bond donors (Lipinski definition) is 0. The number of oxime groups is 2. The van der Waals surface area contributed by atoms with Crippen molar-refractivity contribution in [3.8, 4) is 11.1 Å². The van der Waals surface area contributed by atoms with Crippen LogP contribution >= 0.6 is 0 Å². The van der Waals surface area contributed by atoms with Gasteiger partial charge in [0.2, 0.25) is 0 Å². The minimum Gasteiger partial charge on any atom is -0.313 e. The molecule has 4 aromatic carbocycles. The van der Waals surface area contributed by atoms with Crippen LogP contribution in [0, 0.1) is 10.1 Å². The summed E-state index contributed by atoms with van der Waals surface area (Å²) in [6.07, 6.45) is 0.126. The lowest BCUT2D eigenvalue weighted by Gasteiger charge is -2.08. The van der Waals surface area contributed by atoms with Crippen molar-refractivity contribution in [3.63, 3.8) is 0 Å². The largest absolute Gasteiger partial charge is 0.365 e. The molecule has 0 spiro atoms. The molecule has 9 heteroatoms. The average molecular weight is 522 g/mol. The summed E-state index contributed by atoms with van der Waals surface area (Å²) >= 11 is 0. The van der Waals surface area contributed by atoms with E-state index in [0.717, 1.165) is 11.1 Å². The minimum absolute atomic E-state index is 0.00717. The number of nitrogens with zero attached hydrogens (tertiary/aromatic N) is 3. The van der Waals surface area contributed by atoms with Gasteiger partial charge in [0.05, 0.1) is 27.5 Å². The highest BCUT2D eigenvalue weighted by atomic mass is 16.7. The summed E-state index contributed by atoms with van der Waals surface area (Å²) in [7, 11) is 0. The van der Waals surface area contributed by atoms with Crippen molar-refractivity contribution in [2.24, 2.45) is 10.3 Å². The molecular weight excluding hydrogens is 498 g/mol. The first-order valence-corrected chi connectivity index (χ1v) is 11.9. The second-order valence-electron chi connectivity index (χ2n) is 8.41. The monoisotopic (exact) mass is 521 g/mol. The number of nitro groups is 1. The summed E-state index contributed by atoms with van der Waals surface area (Å²) in [6, 6.07) is 30.4. The lowest BCUT2D eigenvalue weighted by Crippen LogP contribution is -2.11. The Morgan fingerprint density at radius 2 is 1.13 bits per heavy atom. The Morgan fingerprint density at radius 1 is 0.667 bits per heavy atom. The summed E-state index contributed by atoms with van der Waals surface area (Å²) in [5.74, 6) is -1.22. The summed E-state index contributed by atoms with van der Waals surface area (Å²) in [5.41, 5.74) is 3.79. The molecule has 0 aliphatic carbocycles. The van der Waals surface area contributed by atoms with E-state index in [9.17, 15) is 19.7 Å². The third kappa shape index (κ3) is 7.30. The van der Waals surface area contributed by atoms with E-state index in [-0.39, 0.29) is 12.1 Å². The highest BCUT2D eigenvalue weighted by Crippen LogP contribution is 2.23. The summed E-state index contributed by atoms with van der Waals surface area (Å²) in [5, 5.41) is 19.0.